The van der Waals surface area contributed by atoms with Crippen LogP contribution in [0.5, 0.6) is 0 Å². The number of amides is 2. The highest BCUT2D eigenvalue weighted by Gasteiger charge is 2.37. The molecule has 0 aromatic heterocycles. The average Bonchev–Trinajstić information content (AvgIpc) is 3.15. The quantitative estimate of drug-likeness (QED) is 0.745. The topological polar surface area (TPSA) is 43.9 Å². The molecule has 1 atom stereocenters. The summed E-state index contributed by atoms with van der Waals surface area (Å²) in [5, 5.41) is 0. The van der Waals surface area contributed by atoms with E-state index in [0.29, 0.717) is 19.5 Å². The van der Waals surface area contributed by atoms with E-state index in [-0.39, 0.29) is 17.7 Å². The number of hydrogen-bond donors (Lipinski definition) is 0. The SMILES string of the molecule is O=C1CC(C(=O)N2CCN(C/C=C/c3ccccc3)CC2)CN1Cc1ccccc1. The van der Waals surface area contributed by atoms with E-state index in [4.69, 9.17) is 0 Å². The number of nitrogens with zero attached hydrogens (tertiary/aromatic N) is 3. The molecule has 5 nitrogen and oxygen atoms in total. The van der Waals surface area contributed by atoms with Crippen LogP contribution in [0.4, 0.5) is 0 Å². The molecular weight excluding hydrogens is 374 g/mol. The lowest BCUT2D eigenvalue weighted by Gasteiger charge is -2.35. The van der Waals surface area contributed by atoms with Gasteiger partial charge in [-0.1, -0.05) is 72.8 Å². The van der Waals surface area contributed by atoms with E-state index < -0.39 is 0 Å². The van der Waals surface area contributed by atoms with E-state index in [0.717, 1.165) is 38.3 Å². The van der Waals surface area contributed by atoms with Crippen LogP contribution in [0, 0.1) is 5.92 Å². The van der Waals surface area contributed by atoms with Crippen molar-refractivity contribution >= 4 is 17.9 Å². The Balaban J connectivity index is 1.23. The second-order valence-electron chi connectivity index (χ2n) is 8.10. The highest BCUT2D eigenvalue weighted by Crippen LogP contribution is 2.23. The molecule has 0 saturated carbocycles. The third-order valence-corrected chi connectivity index (χ3v) is 5.94. The van der Waals surface area contributed by atoms with Gasteiger partial charge in [-0.2, -0.15) is 0 Å². The van der Waals surface area contributed by atoms with E-state index in [1.807, 2.05) is 58.3 Å². The van der Waals surface area contributed by atoms with E-state index >= 15 is 0 Å². The van der Waals surface area contributed by atoms with Gasteiger partial charge in [-0.05, 0) is 11.1 Å². The number of piperazine rings is 1. The first-order chi connectivity index (χ1) is 14.7. The van der Waals surface area contributed by atoms with Gasteiger partial charge in [0.05, 0.1) is 5.92 Å². The molecule has 2 aromatic carbocycles. The summed E-state index contributed by atoms with van der Waals surface area (Å²) < 4.78 is 0. The number of carbonyl (C=O) groups is 2. The fraction of sp³-hybridized carbons (Fsp3) is 0.360. The summed E-state index contributed by atoms with van der Waals surface area (Å²) in [6, 6.07) is 20.3. The normalized spacial score (nSPS) is 20.3. The molecule has 0 radical (unpaired) electrons. The van der Waals surface area contributed by atoms with E-state index in [1.54, 1.807) is 0 Å². The lowest BCUT2D eigenvalue weighted by atomic mass is 10.1. The predicted molar refractivity (Wildman–Crippen MR) is 118 cm³/mol. The molecular formula is C25H29N3O2. The van der Waals surface area contributed by atoms with E-state index in [9.17, 15) is 9.59 Å². The number of carbonyl (C=O) groups excluding carboxylic acids is 2. The van der Waals surface area contributed by atoms with Gasteiger partial charge < -0.3 is 9.80 Å². The zero-order valence-corrected chi connectivity index (χ0v) is 17.3. The first-order valence-electron chi connectivity index (χ1n) is 10.7. The van der Waals surface area contributed by atoms with Crippen molar-refractivity contribution in [2.45, 2.75) is 13.0 Å². The van der Waals surface area contributed by atoms with Crippen molar-refractivity contribution in [1.82, 2.24) is 14.7 Å². The number of rotatable bonds is 6. The van der Waals surface area contributed by atoms with E-state index in [1.165, 1.54) is 5.56 Å². The molecule has 5 heteroatoms. The van der Waals surface area contributed by atoms with Crippen LogP contribution in [0.3, 0.4) is 0 Å². The minimum atomic E-state index is -0.203. The standard InChI is InChI=1S/C25H29N3O2/c29-24-18-23(20-28(24)19-22-10-5-2-6-11-22)25(30)27-16-14-26(15-17-27)13-7-12-21-8-3-1-4-9-21/h1-12,23H,13-20H2/b12-7+. The van der Waals surface area contributed by atoms with Gasteiger partial charge in [-0.25, -0.2) is 0 Å². The van der Waals surface area contributed by atoms with Gasteiger partial charge in [0.1, 0.15) is 0 Å². The molecule has 2 saturated heterocycles. The molecule has 1 unspecified atom stereocenters. The lowest BCUT2D eigenvalue weighted by Crippen LogP contribution is -2.50. The minimum absolute atomic E-state index is 0.0851. The summed E-state index contributed by atoms with van der Waals surface area (Å²) in [5.74, 6) is 0.0195. The molecule has 0 bridgehead atoms. The third-order valence-electron chi connectivity index (χ3n) is 5.94. The van der Waals surface area contributed by atoms with Gasteiger partial charge in [0.2, 0.25) is 11.8 Å². The maximum atomic E-state index is 13.0. The van der Waals surface area contributed by atoms with Crippen molar-refractivity contribution in [2.75, 3.05) is 39.3 Å². The smallest absolute Gasteiger partial charge is 0.228 e. The van der Waals surface area contributed by atoms with Crippen LogP contribution in [-0.2, 0) is 16.1 Å². The second kappa shape index (κ2) is 9.72. The maximum Gasteiger partial charge on any atom is 0.228 e. The molecule has 30 heavy (non-hydrogen) atoms. The summed E-state index contributed by atoms with van der Waals surface area (Å²) in [6.07, 6.45) is 4.67. The first-order valence-corrected chi connectivity index (χ1v) is 10.7. The highest BCUT2D eigenvalue weighted by molar-refractivity contribution is 5.89. The van der Waals surface area contributed by atoms with Gasteiger partial charge in [-0.15, -0.1) is 0 Å². The zero-order chi connectivity index (χ0) is 20.8. The Morgan fingerprint density at radius 3 is 2.30 bits per heavy atom. The molecule has 0 aliphatic carbocycles. The largest absolute Gasteiger partial charge is 0.340 e. The number of likely N-dealkylation sites (tertiary alicyclic amines) is 1. The van der Waals surface area contributed by atoms with Crippen molar-refractivity contribution in [1.29, 1.82) is 0 Å². The van der Waals surface area contributed by atoms with Gasteiger partial charge in [0.25, 0.3) is 0 Å². The van der Waals surface area contributed by atoms with Gasteiger partial charge in [0, 0.05) is 52.2 Å². The van der Waals surface area contributed by atoms with Gasteiger partial charge in [0.15, 0.2) is 0 Å². The fourth-order valence-corrected chi connectivity index (χ4v) is 4.21. The Morgan fingerprint density at radius 2 is 1.60 bits per heavy atom. The molecule has 2 aliphatic heterocycles. The monoisotopic (exact) mass is 403 g/mol. The van der Waals surface area contributed by atoms with Crippen LogP contribution >= 0.6 is 0 Å². The maximum absolute atomic E-state index is 13.0. The Kier molecular flexibility index (Phi) is 6.60. The molecule has 2 fully saturated rings. The molecule has 4 rings (SSSR count). The Morgan fingerprint density at radius 1 is 0.933 bits per heavy atom. The van der Waals surface area contributed by atoms with Crippen molar-refractivity contribution in [3.05, 3.63) is 77.9 Å². The summed E-state index contributed by atoms with van der Waals surface area (Å²) in [6.45, 7) is 5.24. The van der Waals surface area contributed by atoms with Crippen LogP contribution in [-0.4, -0.2) is 65.8 Å². The summed E-state index contributed by atoms with van der Waals surface area (Å²) in [7, 11) is 0. The van der Waals surface area contributed by atoms with Crippen LogP contribution in [0.25, 0.3) is 6.08 Å². The Bertz CT molecular complexity index is 874. The molecule has 2 heterocycles. The van der Waals surface area contributed by atoms with Crippen molar-refractivity contribution in [3.8, 4) is 0 Å². The Labute approximate surface area is 178 Å². The summed E-state index contributed by atoms with van der Waals surface area (Å²) in [4.78, 5) is 31.5. The zero-order valence-electron chi connectivity index (χ0n) is 17.3. The third kappa shape index (κ3) is 5.16. The number of hydrogen-bond acceptors (Lipinski definition) is 3. The van der Waals surface area contributed by atoms with Gasteiger partial charge in [-0.3, -0.25) is 14.5 Å². The molecule has 2 amide bonds. The molecule has 2 aliphatic rings. The predicted octanol–water partition coefficient (Wildman–Crippen LogP) is 2.89. The van der Waals surface area contributed by atoms with Crippen LogP contribution in [0.2, 0.25) is 0 Å². The minimum Gasteiger partial charge on any atom is -0.340 e. The van der Waals surface area contributed by atoms with Crippen LogP contribution in [0.1, 0.15) is 17.5 Å². The first kappa shape index (κ1) is 20.4. The average molecular weight is 404 g/mol. The van der Waals surface area contributed by atoms with Crippen molar-refractivity contribution in [2.24, 2.45) is 5.92 Å². The summed E-state index contributed by atoms with van der Waals surface area (Å²) in [5.41, 5.74) is 2.31. The van der Waals surface area contributed by atoms with Crippen molar-refractivity contribution in [3.63, 3.8) is 0 Å². The van der Waals surface area contributed by atoms with Gasteiger partial charge >= 0.3 is 0 Å². The van der Waals surface area contributed by atoms with Crippen molar-refractivity contribution < 1.29 is 9.59 Å². The van der Waals surface area contributed by atoms with Crippen LogP contribution in [0.15, 0.2) is 66.7 Å². The molecule has 0 N–H and O–H groups in total. The molecule has 2 aromatic rings. The summed E-state index contributed by atoms with van der Waals surface area (Å²) >= 11 is 0. The second-order valence-corrected chi connectivity index (χ2v) is 8.10. The molecule has 156 valence electrons. The van der Waals surface area contributed by atoms with Crippen LogP contribution < -0.4 is 0 Å². The highest BCUT2D eigenvalue weighted by atomic mass is 16.2. The lowest BCUT2D eigenvalue weighted by molar-refractivity contribution is -0.137. The number of benzene rings is 2. The Hall–Kier alpha value is -2.92. The fourth-order valence-electron chi connectivity index (χ4n) is 4.21. The molecule has 0 spiro atoms. The van der Waals surface area contributed by atoms with E-state index in [2.05, 4.69) is 29.2 Å².